The molecule has 0 spiro atoms. The van der Waals surface area contributed by atoms with E-state index in [1.807, 2.05) is 0 Å². The molecule has 4 atom stereocenters. The number of hydrogen-bond donors (Lipinski definition) is 2. The number of carbonyl (C=O) groups excluding carboxylic acids is 2. The Hall–Kier alpha value is -2.25. The first-order chi connectivity index (χ1) is 10.8. The lowest BCUT2D eigenvalue weighted by molar-refractivity contribution is -0.143. The van der Waals surface area contributed by atoms with Gasteiger partial charge in [-0.15, -0.1) is 0 Å². The molecule has 1 aliphatic carbocycles. The van der Waals surface area contributed by atoms with E-state index in [4.69, 9.17) is 14.6 Å². The van der Waals surface area contributed by atoms with E-state index in [2.05, 4.69) is 0 Å². The molecule has 2 saturated heterocycles. The van der Waals surface area contributed by atoms with Crippen LogP contribution in [0.3, 0.4) is 0 Å². The molecule has 0 aromatic heterocycles. The number of phenolic OH excluding ortho intramolecular Hbond substituents is 1. The van der Waals surface area contributed by atoms with Gasteiger partial charge in [0.1, 0.15) is 5.75 Å². The maximum absolute atomic E-state index is 12.9. The third kappa shape index (κ3) is 1.53. The number of aromatic hydroxyl groups is 1. The van der Waals surface area contributed by atoms with E-state index in [0.717, 1.165) is 0 Å². The van der Waals surface area contributed by atoms with Crippen molar-refractivity contribution in [3.8, 4) is 5.75 Å². The van der Waals surface area contributed by atoms with Crippen LogP contribution >= 0.6 is 0 Å². The Labute approximate surface area is 130 Å². The number of ketones is 2. The highest BCUT2D eigenvalue weighted by molar-refractivity contribution is 6.26. The normalized spacial score (nSPS) is 37.6. The van der Waals surface area contributed by atoms with Crippen molar-refractivity contribution in [1.82, 2.24) is 0 Å². The molecule has 23 heavy (non-hydrogen) atoms. The van der Waals surface area contributed by atoms with Crippen molar-refractivity contribution in [2.45, 2.75) is 43.2 Å². The van der Waals surface area contributed by atoms with Gasteiger partial charge in [-0.25, -0.2) is 0 Å². The summed E-state index contributed by atoms with van der Waals surface area (Å²) >= 11 is 0. The quantitative estimate of drug-likeness (QED) is 0.780. The molecule has 0 bridgehead atoms. The maximum atomic E-state index is 12.9. The largest absolute Gasteiger partial charge is 0.507 e. The third-order valence-electron chi connectivity index (χ3n) is 5.00. The van der Waals surface area contributed by atoms with Crippen LogP contribution in [-0.2, 0) is 14.3 Å². The zero-order chi connectivity index (χ0) is 16.6. The topological polar surface area (TPSA) is 113 Å². The van der Waals surface area contributed by atoms with Crippen molar-refractivity contribution in [3.63, 3.8) is 0 Å². The fourth-order valence-corrected chi connectivity index (χ4v) is 4.02. The zero-order valence-electron chi connectivity index (χ0n) is 12.2. The van der Waals surface area contributed by atoms with Gasteiger partial charge in [-0.3, -0.25) is 14.4 Å². The minimum Gasteiger partial charge on any atom is -0.507 e. The third-order valence-corrected chi connectivity index (χ3v) is 5.00. The molecule has 3 aliphatic rings. The van der Waals surface area contributed by atoms with Gasteiger partial charge >= 0.3 is 5.97 Å². The number of carbonyl (C=O) groups is 3. The van der Waals surface area contributed by atoms with E-state index in [-0.39, 0.29) is 29.7 Å². The molecule has 2 aliphatic heterocycles. The lowest BCUT2D eigenvalue weighted by atomic mass is 9.68. The Bertz CT molecular complexity index is 770. The lowest BCUT2D eigenvalue weighted by Crippen LogP contribution is -2.57. The predicted molar refractivity (Wildman–Crippen MR) is 74.5 cm³/mol. The van der Waals surface area contributed by atoms with Gasteiger partial charge in [-0.2, -0.15) is 0 Å². The second-order valence-electron chi connectivity index (χ2n) is 6.22. The molecular weight excluding hydrogens is 304 g/mol. The molecule has 0 radical (unpaired) electrons. The Morgan fingerprint density at radius 2 is 2.09 bits per heavy atom. The van der Waals surface area contributed by atoms with Crippen molar-refractivity contribution >= 4 is 17.5 Å². The number of aliphatic carboxylic acids is 1. The number of hydrogen-bond acceptors (Lipinski definition) is 6. The Morgan fingerprint density at radius 3 is 2.78 bits per heavy atom. The van der Waals surface area contributed by atoms with E-state index < -0.39 is 40.9 Å². The minimum absolute atomic E-state index is 0.0172. The fourth-order valence-electron chi connectivity index (χ4n) is 4.02. The number of benzene rings is 1. The average Bonchev–Trinajstić information content (AvgIpc) is 3.17. The average molecular weight is 318 g/mol. The first kappa shape index (κ1) is 14.3. The van der Waals surface area contributed by atoms with Gasteiger partial charge in [0.2, 0.25) is 5.78 Å². The highest BCUT2D eigenvalue weighted by Crippen LogP contribution is 2.63. The molecule has 1 aromatic rings. The number of Topliss-reactive ketones (excluding diaryl/α,β-unsaturated/α-hetero) is 2. The highest BCUT2D eigenvalue weighted by atomic mass is 16.7. The summed E-state index contributed by atoms with van der Waals surface area (Å²) < 4.78 is 11.3. The molecule has 7 nitrogen and oxygen atoms in total. The standard InChI is InChI=1S/C16H14O7/c1-7-16-14(21)12-9(3-2-4-10(12)17)13(20)15(16,23-16)6-8(22-7)5-11(18)19/h2-4,7-8,17H,5-6H2,1H3,(H,18,19)/t7-,8-,15-,16+/m0/s1. The second-order valence-corrected chi connectivity index (χ2v) is 6.22. The molecule has 1 aromatic carbocycles. The van der Waals surface area contributed by atoms with Crippen LogP contribution in [0.5, 0.6) is 5.75 Å². The van der Waals surface area contributed by atoms with Crippen molar-refractivity contribution in [2.24, 2.45) is 0 Å². The van der Waals surface area contributed by atoms with Crippen molar-refractivity contribution in [1.29, 1.82) is 0 Å². The Balaban J connectivity index is 1.83. The van der Waals surface area contributed by atoms with Crippen LogP contribution in [0.2, 0.25) is 0 Å². The fraction of sp³-hybridized carbons (Fsp3) is 0.438. The van der Waals surface area contributed by atoms with Crippen LogP contribution in [0.4, 0.5) is 0 Å². The number of phenols is 1. The molecule has 2 fully saturated rings. The van der Waals surface area contributed by atoms with Crippen LogP contribution in [0.25, 0.3) is 0 Å². The molecule has 0 amide bonds. The predicted octanol–water partition coefficient (Wildman–Crippen LogP) is 0.931. The number of carboxylic acid groups (broad SMARTS) is 1. The molecule has 120 valence electrons. The summed E-state index contributed by atoms with van der Waals surface area (Å²) in [5.41, 5.74) is -2.75. The van der Waals surface area contributed by atoms with Crippen LogP contribution in [0, 0.1) is 0 Å². The smallest absolute Gasteiger partial charge is 0.305 e. The molecule has 4 rings (SSSR count). The van der Waals surface area contributed by atoms with Crippen LogP contribution in [0.1, 0.15) is 40.5 Å². The summed E-state index contributed by atoms with van der Waals surface area (Å²) in [4.78, 5) is 36.7. The van der Waals surface area contributed by atoms with Crippen LogP contribution in [0.15, 0.2) is 18.2 Å². The van der Waals surface area contributed by atoms with Gasteiger partial charge in [0.25, 0.3) is 0 Å². The molecule has 0 saturated carbocycles. The summed E-state index contributed by atoms with van der Waals surface area (Å²) in [6.07, 6.45) is -1.72. The van der Waals surface area contributed by atoms with Gasteiger partial charge in [0.05, 0.1) is 24.2 Å². The summed E-state index contributed by atoms with van der Waals surface area (Å²) in [6, 6.07) is 4.31. The lowest BCUT2D eigenvalue weighted by Gasteiger charge is -2.36. The van der Waals surface area contributed by atoms with Gasteiger partial charge in [0, 0.05) is 12.0 Å². The summed E-state index contributed by atoms with van der Waals surface area (Å²) in [7, 11) is 0. The Morgan fingerprint density at radius 1 is 1.35 bits per heavy atom. The van der Waals surface area contributed by atoms with Gasteiger partial charge in [0.15, 0.2) is 17.0 Å². The second kappa shape index (κ2) is 4.18. The van der Waals surface area contributed by atoms with E-state index >= 15 is 0 Å². The summed E-state index contributed by atoms with van der Waals surface area (Å²) in [5, 5.41) is 18.9. The van der Waals surface area contributed by atoms with Gasteiger partial charge in [-0.1, -0.05) is 12.1 Å². The number of carboxylic acids is 1. The summed E-state index contributed by atoms with van der Waals surface area (Å²) in [6.45, 7) is 1.59. The van der Waals surface area contributed by atoms with Crippen molar-refractivity contribution in [3.05, 3.63) is 29.3 Å². The van der Waals surface area contributed by atoms with E-state index in [0.29, 0.717) is 0 Å². The molecule has 2 heterocycles. The van der Waals surface area contributed by atoms with Crippen LogP contribution < -0.4 is 0 Å². The molecule has 0 unspecified atom stereocenters. The minimum atomic E-state index is -1.45. The van der Waals surface area contributed by atoms with Crippen molar-refractivity contribution < 1.29 is 34.1 Å². The number of fused-ring (bicyclic) bond motifs is 1. The molecule has 2 N–H and O–H groups in total. The van der Waals surface area contributed by atoms with E-state index in [1.54, 1.807) is 6.92 Å². The highest BCUT2D eigenvalue weighted by Gasteiger charge is 2.85. The molecular formula is C16H14O7. The van der Waals surface area contributed by atoms with Crippen molar-refractivity contribution in [2.75, 3.05) is 0 Å². The van der Waals surface area contributed by atoms with Crippen LogP contribution in [-0.4, -0.2) is 51.2 Å². The number of epoxide rings is 1. The van der Waals surface area contributed by atoms with E-state index in [1.165, 1.54) is 18.2 Å². The van der Waals surface area contributed by atoms with Gasteiger partial charge in [-0.05, 0) is 13.0 Å². The number of rotatable bonds is 2. The Kier molecular flexibility index (Phi) is 2.61. The summed E-state index contributed by atoms with van der Waals surface area (Å²) in [5.74, 6) is -2.18. The molecule has 7 heteroatoms. The number of ether oxygens (including phenoxy) is 2. The first-order valence-electron chi connectivity index (χ1n) is 7.32. The first-order valence-corrected chi connectivity index (χ1v) is 7.32. The maximum Gasteiger partial charge on any atom is 0.305 e. The zero-order valence-corrected chi connectivity index (χ0v) is 12.2. The SMILES string of the molecule is C[C@@H]1O[C@@H](CC(=O)O)C[C@@]23O[C@@]12C(=O)c1c(O)cccc1C3=O. The van der Waals surface area contributed by atoms with Gasteiger partial charge < -0.3 is 19.7 Å². The van der Waals surface area contributed by atoms with E-state index in [9.17, 15) is 19.5 Å². The monoisotopic (exact) mass is 318 g/mol.